The van der Waals surface area contributed by atoms with E-state index in [1.807, 2.05) is 35.8 Å². The Morgan fingerprint density at radius 2 is 2.00 bits per heavy atom. The largest absolute Gasteiger partial charge is 0.391 e. The lowest BCUT2D eigenvalue weighted by molar-refractivity contribution is -0.133. The first kappa shape index (κ1) is 22.9. The number of hydrogen-bond acceptors (Lipinski definition) is 6. The second-order valence-corrected chi connectivity index (χ2v) is 8.96. The summed E-state index contributed by atoms with van der Waals surface area (Å²) in [4.78, 5) is 46.1. The Morgan fingerprint density at radius 1 is 1.27 bits per heavy atom. The first-order valence-electron chi connectivity index (χ1n) is 11.0. The summed E-state index contributed by atoms with van der Waals surface area (Å²) in [6.07, 6.45) is 1.03. The molecule has 1 aromatic carbocycles. The first-order chi connectivity index (χ1) is 15.6. The highest BCUT2D eigenvalue weighted by Gasteiger charge is 2.42. The van der Waals surface area contributed by atoms with Gasteiger partial charge in [0.25, 0.3) is 5.56 Å². The van der Waals surface area contributed by atoms with Crippen molar-refractivity contribution in [1.82, 2.24) is 24.0 Å². The Labute approximate surface area is 190 Å². The van der Waals surface area contributed by atoms with Crippen molar-refractivity contribution in [2.45, 2.75) is 57.9 Å². The van der Waals surface area contributed by atoms with Crippen molar-refractivity contribution in [2.24, 2.45) is 0 Å². The topological polar surface area (TPSA) is 133 Å². The molecule has 10 heteroatoms. The van der Waals surface area contributed by atoms with Crippen LogP contribution >= 0.6 is 0 Å². The van der Waals surface area contributed by atoms with E-state index in [0.717, 1.165) is 16.9 Å². The molecule has 1 amide bonds. The molecule has 0 spiro atoms. The maximum absolute atomic E-state index is 13.4. The van der Waals surface area contributed by atoms with Gasteiger partial charge in [-0.15, -0.1) is 0 Å². The number of hydrogen-bond donors (Lipinski definition) is 3. The summed E-state index contributed by atoms with van der Waals surface area (Å²) in [6, 6.07) is 6.72. The highest BCUT2D eigenvalue weighted by atomic mass is 16.3. The fourth-order valence-electron chi connectivity index (χ4n) is 4.63. The number of fused-ring (bicyclic) bond motifs is 1. The number of benzene rings is 1. The van der Waals surface area contributed by atoms with E-state index < -0.39 is 29.0 Å². The van der Waals surface area contributed by atoms with E-state index in [9.17, 15) is 24.6 Å². The van der Waals surface area contributed by atoms with Crippen LogP contribution in [-0.2, 0) is 17.8 Å². The van der Waals surface area contributed by atoms with Gasteiger partial charge in [0.1, 0.15) is 12.4 Å². The summed E-state index contributed by atoms with van der Waals surface area (Å²) in [5.41, 5.74) is -0.710. The lowest BCUT2D eigenvalue weighted by Crippen LogP contribution is -2.48. The van der Waals surface area contributed by atoms with Crippen molar-refractivity contribution in [3.8, 4) is 0 Å². The number of aryl methyl sites for hydroxylation is 2. The van der Waals surface area contributed by atoms with Crippen LogP contribution in [0.4, 0.5) is 0 Å². The van der Waals surface area contributed by atoms with Crippen LogP contribution in [0.2, 0.25) is 0 Å². The van der Waals surface area contributed by atoms with Crippen molar-refractivity contribution in [3.05, 3.63) is 62.7 Å². The zero-order chi connectivity index (χ0) is 23.9. The summed E-state index contributed by atoms with van der Waals surface area (Å²) in [5, 5.41) is 21.7. The van der Waals surface area contributed by atoms with Crippen LogP contribution in [0, 0.1) is 6.92 Å². The molecule has 33 heavy (non-hydrogen) atoms. The predicted octanol–water partition coefficient (Wildman–Crippen LogP) is 0.343. The zero-order valence-corrected chi connectivity index (χ0v) is 19.0. The highest BCUT2D eigenvalue weighted by molar-refractivity contribution is 5.81. The van der Waals surface area contributed by atoms with Crippen LogP contribution in [0.1, 0.15) is 37.7 Å². The average molecular weight is 456 g/mol. The van der Waals surface area contributed by atoms with Crippen LogP contribution in [-0.4, -0.2) is 64.9 Å². The molecule has 0 saturated carbocycles. The Kier molecular flexibility index (Phi) is 5.98. The number of H-pyrrole nitrogens is 1. The van der Waals surface area contributed by atoms with Crippen molar-refractivity contribution in [2.75, 3.05) is 13.1 Å². The number of amides is 1. The van der Waals surface area contributed by atoms with E-state index in [0.29, 0.717) is 12.0 Å². The van der Waals surface area contributed by atoms with Crippen molar-refractivity contribution in [1.29, 1.82) is 0 Å². The molecule has 3 heterocycles. The minimum Gasteiger partial charge on any atom is -0.391 e. The van der Waals surface area contributed by atoms with Crippen molar-refractivity contribution >= 4 is 16.9 Å². The number of β-amino-alcohol motifs (C(OH)–C–C–N with tert-alkyl or cyclic N) is 1. The number of carbonyl (C=O) groups is 1. The van der Waals surface area contributed by atoms with Crippen LogP contribution in [0.3, 0.4) is 0 Å². The number of likely N-dealkylation sites (tertiary alicyclic amines) is 1. The number of carbonyl (C=O) groups excluding carboxylic acids is 1. The summed E-state index contributed by atoms with van der Waals surface area (Å²) in [6.45, 7) is 5.11. The zero-order valence-electron chi connectivity index (χ0n) is 19.0. The number of aromatic amines is 1. The lowest BCUT2D eigenvalue weighted by Gasteiger charge is -2.34. The van der Waals surface area contributed by atoms with Crippen LogP contribution < -0.4 is 11.2 Å². The molecule has 0 radical (unpaired) electrons. The van der Waals surface area contributed by atoms with E-state index in [1.165, 1.54) is 22.6 Å². The maximum Gasteiger partial charge on any atom is 0.328 e. The molecule has 1 aliphatic rings. The Balaban J connectivity index is 1.69. The number of para-hydroxylation sites is 2. The van der Waals surface area contributed by atoms with Gasteiger partial charge in [0, 0.05) is 37.7 Å². The number of aromatic nitrogens is 4. The van der Waals surface area contributed by atoms with Gasteiger partial charge in [-0.3, -0.25) is 19.1 Å². The monoisotopic (exact) mass is 455 g/mol. The van der Waals surface area contributed by atoms with Gasteiger partial charge in [0.05, 0.1) is 28.8 Å². The average Bonchev–Trinajstić information content (AvgIpc) is 3.04. The first-order valence-corrected chi connectivity index (χ1v) is 11.0. The van der Waals surface area contributed by atoms with Gasteiger partial charge < -0.3 is 19.7 Å². The number of aliphatic hydroxyl groups excluding tert-OH is 1. The second-order valence-electron chi connectivity index (χ2n) is 8.96. The van der Waals surface area contributed by atoms with Crippen molar-refractivity contribution in [3.63, 3.8) is 0 Å². The van der Waals surface area contributed by atoms with Gasteiger partial charge in [0.15, 0.2) is 0 Å². The molecule has 1 saturated heterocycles. The van der Waals surface area contributed by atoms with Crippen LogP contribution in [0.15, 0.2) is 40.1 Å². The third kappa shape index (κ3) is 4.36. The van der Waals surface area contributed by atoms with E-state index in [4.69, 9.17) is 0 Å². The molecular formula is C23H29N5O5. The summed E-state index contributed by atoms with van der Waals surface area (Å²) >= 11 is 0. The molecule has 0 aliphatic carbocycles. The van der Waals surface area contributed by atoms with E-state index >= 15 is 0 Å². The Bertz CT molecular complexity index is 1300. The molecule has 0 bridgehead atoms. The predicted molar refractivity (Wildman–Crippen MR) is 122 cm³/mol. The summed E-state index contributed by atoms with van der Waals surface area (Å²) in [7, 11) is 0. The second kappa shape index (κ2) is 8.60. The number of aliphatic hydroxyl groups is 2. The quantitative estimate of drug-likeness (QED) is 0.520. The summed E-state index contributed by atoms with van der Waals surface area (Å²) < 4.78 is 3.11. The fraction of sp³-hybridized carbons (Fsp3) is 0.478. The molecule has 3 atom stereocenters. The number of rotatable bonds is 4. The smallest absolute Gasteiger partial charge is 0.328 e. The third-order valence-corrected chi connectivity index (χ3v) is 6.37. The standard InChI is InChI=1S/C23H29N5O5/c1-4-19-24-16-7-5-6-8-17(16)27(19)13-20(30)26-11-15(29)9-23(3,33)18(12-26)28-10-14(2)21(31)25-22(28)32/h5-8,10,15,18,29,33H,4,9,11-13H2,1-3H3,(H,25,31,32)/t15-,18+,23+/m1/s1. The molecule has 0 unspecified atom stereocenters. The van der Waals surface area contributed by atoms with Gasteiger partial charge in [-0.05, 0) is 26.0 Å². The molecule has 2 aromatic heterocycles. The van der Waals surface area contributed by atoms with Gasteiger partial charge >= 0.3 is 5.69 Å². The normalized spacial score (nSPS) is 23.6. The summed E-state index contributed by atoms with van der Waals surface area (Å²) in [5.74, 6) is 0.514. The molecule has 10 nitrogen and oxygen atoms in total. The molecule has 3 N–H and O–H groups in total. The Hall–Kier alpha value is -3.24. The van der Waals surface area contributed by atoms with E-state index in [1.54, 1.807) is 6.92 Å². The minimum atomic E-state index is -1.49. The molecule has 1 aliphatic heterocycles. The van der Waals surface area contributed by atoms with Gasteiger partial charge in [-0.25, -0.2) is 9.78 Å². The van der Waals surface area contributed by atoms with E-state index in [2.05, 4.69) is 9.97 Å². The molecule has 1 fully saturated rings. The van der Waals surface area contributed by atoms with Crippen molar-refractivity contribution < 1.29 is 15.0 Å². The fourth-order valence-corrected chi connectivity index (χ4v) is 4.63. The third-order valence-electron chi connectivity index (χ3n) is 6.37. The number of nitrogens with zero attached hydrogens (tertiary/aromatic N) is 4. The van der Waals surface area contributed by atoms with Gasteiger partial charge in [0.2, 0.25) is 5.91 Å². The van der Waals surface area contributed by atoms with Crippen LogP contribution in [0.5, 0.6) is 0 Å². The molecule has 4 rings (SSSR count). The van der Waals surface area contributed by atoms with Crippen LogP contribution in [0.25, 0.3) is 11.0 Å². The molecule has 176 valence electrons. The van der Waals surface area contributed by atoms with Gasteiger partial charge in [-0.2, -0.15) is 0 Å². The minimum absolute atomic E-state index is 0.00235. The van der Waals surface area contributed by atoms with E-state index in [-0.39, 0.29) is 32.0 Å². The highest BCUT2D eigenvalue weighted by Crippen LogP contribution is 2.31. The van der Waals surface area contributed by atoms with Gasteiger partial charge in [-0.1, -0.05) is 19.1 Å². The number of imidazole rings is 1. The lowest BCUT2D eigenvalue weighted by atomic mass is 9.91. The molecule has 3 aromatic rings. The maximum atomic E-state index is 13.4. The Morgan fingerprint density at radius 3 is 2.73 bits per heavy atom. The number of nitrogens with one attached hydrogen (secondary N) is 1. The molecular weight excluding hydrogens is 426 g/mol. The SMILES string of the molecule is CCc1nc2ccccc2n1CC(=O)N1C[C@H](O)C[C@](C)(O)[C@@H](n2cc(C)c(=O)[nH]c2=O)C1.